The number of fused-ring (bicyclic) bond motifs is 6. The molecule has 3 heterocycles. The van der Waals surface area contributed by atoms with Gasteiger partial charge < -0.3 is 33.5 Å². The van der Waals surface area contributed by atoms with Crippen LogP contribution < -0.4 is 0 Å². The lowest BCUT2D eigenvalue weighted by Crippen LogP contribution is -2.65. The van der Waals surface area contributed by atoms with E-state index in [1.807, 2.05) is 13.8 Å². The molecule has 4 aliphatic rings. The number of aliphatic hydroxyl groups is 1. The fraction of sp³-hybridized carbons (Fsp3) is 0.852. The van der Waals surface area contributed by atoms with Crippen molar-refractivity contribution in [3.8, 4) is 0 Å². The molecule has 4 rings (SSSR count). The van der Waals surface area contributed by atoms with Crippen LogP contribution in [0.5, 0.6) is 0 Å². The van der Waals surface area contributed by atoms with Gasteiger partial charge in [-0.3, -0.25) is 19.2 Å². The van der Waals surface area contributed by atoms with E-state index in [4.69, 9.17) is 28.4 Å². The van der Waals surface area contributed by atoms with Gasteiger partial charge in [0, 0.05) is 44.9 Å². The molecular formula is C27H40O11. The first-order chi connectivity index (χ1) is 17.7. The molecule has 1 N–H and O–H groups in total. The number of rotatable bonds is 6. The fourth-order valence-corrected chi connectivity index (χ4v) is 7.57. The van der Waals surface area contributed by atoms with Crippen molar-refractivity contribution in [2.75, 3.05) is 6.61 Å². The Hall–Kier alpha value is -2.24. The Kier molecular flexibility index (Phi) is 7.61. The third-order valence-electron chi connectivity index (χ3n) is 8.91. The van der Waals surface area contributed by atoms with Crippen molar-refractivity contribution in [3.63, 3.8) is 0 Å². The first-order valence-corrected chi connectivity index (χ1v) is 13.3. The maximum absolute atomic E-state index is 12.3. The lowest BCUT2D eigenvalue weighted by Gasteiger charge is -2.52. The highest BCUT2D eigenvalue weighted by Gasteiger charge is 2.76. The normalized spacial score (nSPS) is 45.7. The number of esters is 3. The van der Waals surface area contributed by atoms with Crippen molar-refractivity contribution in [2.45, 2.75) is 115 Å². The molecule has 3 saturated heterocycles. The van der Waals surface area contributed by atoms with Gasteiger partial charge in [0.25, 0.3) is 6.47 Å². The summed E-state index contributed by atoms with van der Waals surface area (Å²) in [7, 11) is 0. The van der Waals surface area contributed by atoms with Crippen LogP contribution >= 0.6 is 0 Å². The van der Waals surface area contributed by atoms with Gasteiger partial charge in [0.2, 0.25) is 0 Å². The minimum atomic E-state index is -1.47. The summed E-state index contributed by atoms with van der Waals surface area (Å²) in [5.74, 6) is -2.68. The Morgan fingerprint density at radius 1 is 1.05 bits per heavy atom. The van der Waals surface area contributed by atoms with Gasteiger partial charge in [-0.25, -0.2) is 0 Å². The molecule has 38 heavy (non-hydrogen) atoms. The topological polar surface area (TPSA) is 147 Å². The third-order valence-corrected chi connectivity index (χ3v) is 8.91. The van der Waals surface area contributed by atoms with Gasteiger partial charge in [-0.15, -0.1) is 0 Å². The highest BCUT2D eigenvalue weighted by molar-refractivity contribution is 5.68. The van der Waals surface area contributed by atoms with Crippen LogP contribution in [-0.4, -0.2) is 83.4 Å². The molecule has 0 radical (unpaired) electrons. The number of carbonyl (C=O) groups is 4. The van der Waals surface area contributed by atoms with E-state index in [1.165, 1.54) is 20.8 Å². The van der Waals surface area contributed by atoms with Crippen LogP contribution in [0.1, 0.15) is 67.7 Å². The zero-order valence-corrected chi connectivity index (χ0v) is 23.1. The molecule has 11 atom stereocenters. The van der Waals surface area contributed by atoms with Gasteiger partial charge in [0.15, 0.2) is 6.10 Å². The van der Waals surface area contributed by atoms with Crippen LogP contribution in [0.4, 0.5) is 0 Å². The first kappa shape index (κ1) is 28.8. The van der Waals surface area contributed by atoms with E-state index in [1.54, 1.807) is 13.8 Å². The molecule has 0 aromatic carbocycles. The third kappa shape index (κ3) is 4.93. The summed E-state index contributed by atoms with van der Waals surface area (Å²) in [4.78, 5) is 48.2. The maximum Gasteiger partial charge on any atom is 0.303 e. The minimum absolute atomic E-state index is 0.0537. The van der Waals surface area contributed by atoms with Crippen LogP contribution in [0.15, 0.2) is 0 Å². The lowest BCUT2D eigenvalue weighted by atomic mass is 9.56. The molecule has 11 heteroatoms. The average molecular weight is 541 g/mol. The molecule has 0 aromatic rings. The van der Waals surface area contributed by atoms with E-state index >= 15 is 0 Å². The van der Waals surface area contributed by atoms with E-state index in [2.05, 4.69) is 0 Å². The quantitative estimate of drug-likeness (QED) is 0.227. The maximum atomic E-state index is 12.3. The summed E-state index contributed by atoms with van der Waals surface area (Å²) < 4.78 is 35.8. The molecule has 214 valence electrons. The molecule has 3 aliphatic heterocycles. The Labute approximate surface area is 222 Å². The predicted octanol–water partition coefficient (Wildman–Crippen LogP) is 1.70. The van der Waals surface area contributed by atoms with Crippen molar-refractivity contribution in [1.29, 1.82) is 0 Å². The predicted molar refractivity (Wildman–Crippen MR) is 129 cm³/mol. The molecule has 1 aliphatic carbocycles. The number of hydrogen-bond acceptors (Lipinski definition) is 11. The number of carbonyl (C=O) groups excluding carboxylic acids is 4. The standard InChI is InChI=1S/C27H40O11/c1-13(2)19-20-21(27(11-34-27)24(36-15(4)30)22(19)35-14(3)29)17-10-25(6,32)18(33-12-28)8-9-26(7,23(20)37-17)38-16(5)31/h12-13,17-24,32H,8-11H2,1-7H3/t17-,18+,19-,20-,21-,22+,23-,24+,25+,26-,27-/m1/s1. The SMILES string of the molecule is CC(=O)O[C@H]1[C@H](C(C)C)[C@@H]2[C@@H]([C@H]3C[C@](C)(O)[C@@H](OC=O)CC[C@@](C)(OC(C)=O)[C@@H]2O3)[C@]2(CO2)[C@H]1OC(C)=O. The minimum Gasteiger partial charge on any atom is -0.462 e. The van der Waals surface area contributed by atoms with E-state index in [0.717, 1.165) is 0 Å². The van der Waals surface area contributed by atoms with Crippen LogP contribution in [0.25, 0.3) is 0 Å². The van der Waals surface area contributed by atoms with Gasteiger partial charge >= 0.3 is 17.9 Å². The van der Waals surface area contributed by atoms with Crippen molar-refractivity contribution in [2.24, 2.45) is 23.7 Å². The molecule has 1 spiro atoms. The fourth-order valence-electron chi connectivity index (χ4n) is 7.57. The molecule has 0 aromatic heterocycles. The molecular weight excluding hydrogens is 500 g/mol. The van der Waals surface area contributed by atoms with Crippen LogP contribution in [0.2, 0.25) is 0 Å². The molecule has 0 amide bonds. The summed E-state index contributed by atoms with van der Waals surface area (Å²) >= 11 is 0. The van der Waals surface area contributed by atoms with E-state index in [0.29, 0.717) is 6.47 Å². The zero-order valence-electron chi connectivity index (χ0n) is 23.1. The van der Waals surface area contributed by atoms with E-state index in [-0.39, 0.29) is 43.6 Å². The summed E-state index contributed by atoms with van der Waals surface area (Å²) in [5, 5.41) is 11.5. The number of ether oxygens (including phenoxy) is 6. The number of hydrogen-bond donors (Lipinski definition) is 1. The van der Waals surface area contributed by atoms with Gasteiger partial charge in [-0.1, -0.05) is 13.8 Å². The summed E-state index contributed by atoms with van der Waals surface area (Å²) in [5.41, 5.74) is -3.65. The second-order valence-electron chi connectivity index (χ2n) is 12.1. The monoisotopic (exact) mass is 540 g/mol. The second kappa shape index (κ2) is 10.1. The van der Waals surface area contributed by atoms with Crippen LogP contribution in [-0.2, 0) is 47.6 Å². The van der Waals surface area contributed by atoms with Gasteiger partial charge in [-0.05, 0) is 32.6 Å². The first-order valence-electron chi connectivity index (χ1n) is 13.3. The van der Waals surface area contributed by atoms with Crippen LogP contribution in [0.3, 0.4) is 0 Å². The highest BCUT2D eigenvalue weighted by atomic mass is 16.7. The van der Waals surface area contributed by atoms with Crippen molar-refractivity contribution < 1.29 is 52.7 Å². The average Bonchev–Trinajstić information content (AvgIpc) is 3.46. The Morgan fingerprint density at radius 3 is 2.18 bits per heavy atom. The zero-order chi connectivity index (χ0) is 28.2. The molecule has 2 bridgehead atoms. The smallest absolute Gasteiger partial charge is 0.303 e. The summed E-state index contributed by atoms with van der Waals surface area (Å²) in [6.45, 7) is 11.9. The van der Waals surface area contributed by atoms with Gasteiger partial charge in [0.05, 0.1) is 12.7 Å². The second-order valence-corrected chi connectivity index (χ2v) is 12.1. The van der Waals surface area contributed by atoms with E-state index in [9.17, 15) is 24.3 Å². The highest BCUT2D eigenvalue weighted by Crippen LogP contribution is 2.63. The van der Waals surface area contributed by atoms with Crippen molar-refractivity contribution in [3.05, 3.63) is 0 Å². The largest absolute Gasteiger partial charge is 0.462 e. The Morgan fingerprint density at radius 2 is 1.68 bits per heavy atom. The van der Waals surface area contributed by atoms with Crippen molar-refractivity contribution >= 4 is 24.4 Å². The van der Waals surface area contributed by atoms with E-state index < -0.39 is 71.1 Å². The Balaban J connectivity index is 1.90. The summed E-state index contributed by atoms with van der Waals surface area (Å²) in [6.07, 6.45) is -3.28. The molecule has 11 nitrogen and oxygen atoms in total. The molecule has 4 fully saturated rings. The molecule has 0 unspecified atom stereocenters. The number of epoxide rings is 1. The lowest BCUT2D eigenvalue weighted by molar-refractivity contribution is -0.208. The molecule has 1 saturated carbocycles. The van der Waals surface area contributed by atoms with Crippen molar-refractivity contribution in [1.82, 2.24) is 0 Å². The van der Waals surface area contributed by atoms with Gasteiger partial charge in [0.1, 0.15) is 35.1 Å². The van der Waals surface area contributed by atoms with Gasteiger partial charge in [-0.2, -0.15) is 0 Å². The Bertz CT molecular complexity index is 957. The van der Waals surface area contributed by atoms with Crippen LogP contribution in [0, 0.1) is 23.7 Å². The summed E-state index contributed by atoms with van der Waals surface area (Å²) in [6, 6.07) is 0.